The van der Waals surface area contributed by atoms with Gasteiger partial charge in [0.1, 0.15) is 5.76 Å². The van der Waals surface area contributed by atoms with Gasteiger partial charge in [0.25, 0.3) is 0 Å². The van der Waals surface area contributed by atoms with E-state index in [1.165, 1.54) is 0 Å². The molecule has 0 saturated heterocycles. The molecular formula is C20H20N2O2. The third kappa shape index (κ3) is 4.10. The van der Waals surface area contributed by atoms with E-state index in [2.05, 4.69) is 10.3 Å². The first-order valence-electron chi connectivity index (χ1n) is 8.05. The smallest absolute Gasteiger partial charge is 0.226 e. The average Bonchev–Trinajstić information content (AvgIpc) is 3.01. The van der Waals surface area contributed by atoms with Crippen LogP contribution in [0, 0.1) is 6.92 Å². The minimum Gasteiger partial charge on any atom is -0.441 e. The van der Waals surface area contributed by atoms with Gasteiger partial charge < -0.3 is 9.73 Å². The van der Waals surface area contributed by atoms with Crippen molar-refractivity contribution in [3.63, 3.8) is 0 Å². The van der Waals surface area contributed by atoms with Crippen LogP contribution in [0.1, 0.15) is 23.4 Å². The number of aryl methyl sites for hydroxylation is 2. The van der Waals surface area contributed by atoms with Crippen LogP contribution in [0.5, 0.6) is 0 Å². The van der Waals surface area contributed by atoms with Gasteiger partial charge in [0, 0.05) is 24.9 Å². The Bertz CT molecular complexity index is 795. The van der Waals surface area contributed by atoms with Gasteiger partial charge >= 0.3 is 0 Å². The highest BCUT2D eigenvalue weighted by atomic mass is 16.4. The zero-order valence-electron chi connectivity index (χ0n) is 13.7. The molecule has 0 aliphatic rings. The molecule has 4 heteroatoms. The molecular weight excluding hydrogens is 300 g/mol. The van der Waals surface area contributed by atoms with Crippen molar-refractivity contribution in [2.45, 2.75) is 26.3 Å². The normalized spacial score (nSPS) is 10.5. The molecule has 122 valence electrons. The fourth-order valence-corrected chi connectivity index (χ4v) is 2.48. The zero-order chi connectivity index (χ0) is 16.8. The van der Waals surface area contributed by atoms with Gasteiger partial charge in [0.2, 0.25) is 11.8 Å². The highest BCUT2D eigenvalue weighted by molar-refractivity contribution is 5.76. The van der Waals surface area contributed by atoms with Crippen molar-refractivity contribution < 1.29 is 9.21 Å². The van der Waals surface area contributed by atoms with Gasteiger partial charge in [-0.05, 0) is 24.6 Å². The quantitative estimate of drug-likeness (QED) is 0.749. The lowest BCUT2D eigenvalue weighted by molar-refractivity contribution is -0.121. The molecule has 0 aliphatic heterocycles. The van der Waals surface area contributed by atoms with Gasteiger partial charge in [0.05, 0.1) is 5.69 Å². The number of nitrogens with one attached hydrogen (secondary N) is 1. The van der Waals surface area contributed by atoms with Gasteiger partial charge in [0.15, 0.2) is 0 Å². The summed E-state index contributed by atoms with van der Waals surface area (Å²) in [5.41, 5.74) is 2.87. The highest BCUT2D eigenvalue weighted by Crippen LogP contribution is 2.22. The number of aromatic nitrogens is 1. The molecule has 1 N–H and O–H groups in total. The van der Waals surface area contributed by atoms with Crippen LogP contribution in [0.15, 0.2) is 65.1 Å². The number of carbonyl (C=O) groups excluding carboxylic acids is 1. The molecule has 1 aromatic heterocycles. The molecule has 0 unspecified atom stereocenters. The summed E-state index contributed by atoms with van der Waals surface area (Å²) < 4.78 is 5.72. The Morgan fingerprint density at radius 2 is 1.71 bits per heavy atom. The molecule has 3 rings (SSSR count). The van der Waals surface area contributed by atoms with Crippen LogP contribution in [0.4, 0.5) is 0 Å². The minimum atomic E-state index is 0.0162. The summed E-state index contributed by atoms with van der Waals surface area (Å²) in [7, 11) is 0. The summed E-state index contributed by atoms with van der Waals surface area (Å²) in [6.45, 7) is 2.43. The molecule has 0 radical (unpaired) electrons. The summed E-state index contributed by atoms with van der Waals surface area (Å²) in [6.07, 6.45) is 0.969. The van der Waals surface area contributed by atoms with E-state index in [1.54, 1.807) is 0 Å². The molecule has 2 aromatic carbocycles. The number of benzene rings is 2. The second kappa shape index (κ2) is 7.59. The molecule has 0 saturated carbocycles. The van der Waals surface area contributed by atoms with Gasteiger partial charge in [-0.25, -0.2) is 4.98 Å². The topological polar surface area (TPSA) is 55.1 Å². The van der Waals surface area contributed by atoms with Gasteiger partial charge in [-0.1, -0.05) is 48.5 Å². The number of oxazole rings is 1. The standard InChI is InChI=1S/C20H20N2O2/c1-15-18(22-20(24-15)17-10-6-3-7-11-17)12-13-19(23)21-14-16-8-4-2-5-9-16/h2-11H,12-14H2,1H3,(H,21,23). The molecule has 0 fully saturated rings. The Morgan fingerprint density at radius 3 is 2.42 bits per heavy atom. The van der Waals surface area contributed by atoms with E-state index in [9.17, 15) is 4.79 Å². The van der Waals surface area contributed by atoms with Crippen molar-refractivity contribution >= 4 is 5.91 Å². The second-order valence-electron chi connectivity index (χ2n) is 5.65. The van der Waals surface area contributed by atoms with Gasteiger partial charge in [-0.15, -0.1) is 0 Å². The average molecular weight is 320 g/mol. The highest BCUT2D eigenvalue weighted by Gasteiger charge is 2.12. The number of amides is 1. The zero-order valence-corrected chi connectivity index (χ0v) is 13.7. The van der Waals surface area contributed by atoms with E-state index in [0.29, 0.717) is 25.3 Å². The molecule has 1 amide bonds. The molecule has 0 atom stereocenters. The number of hydrogen-bond donors (Lipinski definition) is 1. The van der Waals surface area contributed by atoms with Crippen molar-refractivity contribution in [2.24, 2.45) is 0 Å². The van der Waals surface area contributed by atoms with Crippen molar-refractivity contribution in [1.29, 1.82) is 0 Å². The largest absolute Gasteiger partial charge is 0.441 e. The van der Waals surface area contributed by atoms with Crippen LogP contribution >= 0.6 is 0 Å². The summed E-state index contributed by atoms with van der Waals surface area (Å²) in [4.78, 5) is 16.5. The van der Waals surface area contributed by atoms with Crippen LogP contribution in [0.3, 0.4) is 0 Å². The van der Waals surface area contributed by atoms with Crippen LogP contribution in [-0.2, 0) is 17.8 Å². The van der Waals surface area contributed by atoms with Crippen LogP contribution in [0.2, 0.25) is 0 Å². The Morgan fingerprint density at radius 1 is 1.04 bits per heavy atom. The maximum absolute atomic E-state index is 12.0. The van der Waals surface area contributed by atoms with E-state index in [0.717, 1.165) is 22.6 Å². The SMILES string of the molecule is Cc1oc(-c2ccccc2)nc1CCC(=O)NCc1ccccc1. The fraction of sp³-hybridized carbons (Fsp3) is 0.200. The molecule has 0 spiro atoms. The fourth-order valence-electron chi connectivity index (χ4n) is 2.48. The summed E-state index contributed by atoms with van der Waals surface area (Å²) >= 11 is 0. The maximum Gasteiger partial charge on any atom is 0.226 e. The predicted molar refractivity (Wildman–Crippen MR) is 93.3 cm³/mol. The van der Waals surface area contributed by atoms with Crippen molar-refractivity contribution in [3.8, 4) is 11.5 Å². The number of hydrogen-bond acceptors (Lipinski definition) is 3. The van der Waals surface area contributed by atoms with E-state index in [1.807, 2.05) is 67.6 Å². The molecule has 24 heavy (non-hydrogen) atoms. The van der Waals surface area contributed by atoms with Gasteiger partial charge in [-0.3, -0.25) is 4.79 Å². The first-order valence-corrected chi connectivity index (χ1v) is 8.05. The van der Waals surface area contributed by atoms with E-state index < -0.39 is 0 Å². The molecule has 0 aliphatic carbocycles. The summed E-state index contributed by atoms with van der Waals surface area (Å²) in [5.74, 6) is 1.39. The second-order valence-corrected chi connectivity index (χ2v) is 5.65. The third-order valence-electron chi connectivity index (χ3n) is 3.83. The molecule has 0 bridgehead atoms. The van der Waals surface area contributed by atoms with E-state index in [4.69, 9.17) is 4.42 Å². The lowest BCUT2D eigenvalue weighted by Gasteiger charge is -2.04. The van der Waals surface area contributed by atoms with Gasteiger partial charge in [-0.2, -0.15) is 0 Å². The third-order valence-corrected chi connectivity index (χ3v) is 3.83. The Labute approximate surface area is 141 Å². The van der Waals surface area contributed by atoms with Crippen LogP contribution < -0.4 is 5.32 Å². The van der Waals surface area contributed by atoms with E-state index in [-0.39, 0.29) is 5.91 Å². The predicted octanol–water partition coefficient (Wildman–Crippen LogP) is 3.90. The van der Waals surface area contributed by atoms with Crippen molar-refractivity contribution in [2.75, 3.05) is 0 Å². The lowest BCUT2D eigenvalue weighted by atomic mass is 10.2. The molecule has 4 nitrogen and oxygen atoms in total. The lowest BCUT2D eigenvalue weighted by Crippen LogP contribution is -2.23. The monoisotopic (exact) mass is 320 g/mol. The molecule has 3 aromatic rings. The van der Waals surface area contributed by atoms with Crippen molar-refractivity contribution in [3.05, 3.63) is 77.7 Å². The first kappa shape index (κ1) is 16.0. The number of rotatable bonds is 6. The Balaban J connectivity index is 1.55. The summed E-state index contributed by atoms with van der Waals surface area (Å²) in [6, 6.07) is 19.7. The Kier molecular flexibility index (Phi) is 5.06. The Hall–Kier alpha value is -2.88. The van der Waals surface area contributed by atoms with Crippen LogP contribution in [-0.4, -0.2) is 10.9 Å². The maximum atomic E-state index is 12.0. The first-order chi connectivity index (χ1) is 11.7. The summed E-state index contributed by atoms with van der Waals surface area (Å²) in [5, 5.41) is 2.93. The minimum absolute atomic E-state index is 0.0162. The molecule has 1 heterocycles. The number of carbonyl (C=O) groups is 1. The van der Waals surface area contributed by atoms with Crippen molar-refractivity contribution in [1.82, 2.24) is 10.3 Å². The van der Waals surface area contributed by atoms with Crippen LogP contribution in [0.25, 0.3) is 11.5 Å². The van der Waals surface area contributed by atoms with E-state index >= 15 is 0 Å². The number of nitrogens with zero attached hydrogens (tertiary/aromatic N) is 1.